The van der Waals surface area contributed by atoms with Gasteiger partial charge in [-0.1, -0.05) is 26.0 Å². The second-order valence-corrected chi connectivity index (χ2v) is 8.49. The van der Waals surface area contributed by atoms with Crippen molar-refractivity contribution in [3.8, 4) is 0 Å². The average molecular weight is 385 g/mol. The number of hydrogen-bond donors (Lipinski definition) is 1. The van der Waals surface area contributed by atoms with Crippen LogP contribution in [-0.2, 0) is 19.6 Å². The van der Waals surface area contributed by atoms with Crippen LogP contribution in [-0.4, -0.2) is 61.7 Å². The van der Waals surface area contributed by atoms with Gasteiger partial charge >= 0.3 is 0 Å². The predicted molar refractivity (Wildman–Crippen MR) is 94.2 cm³/mol. The summed E-state index contributed by atoms with van der Waals surface area (Å²) in [6.07, 6.45) is 0. The minimum absolute atomic E-state index is 0.0767. The summed E-state index contributed by atoms with van der Waals surface area (Å²) in [4.78, 5) is 25.1. The van der Waals surface area contributed by atoms with Crippen LogP contribution in [0, 0.1) is 11.7 Å². The molecule has 0 saturated carbocycles. The molecule has 1 aromatic carbocycles. The molecule has 0 aromatic heterocycles. The Morgan fingerprint density at radius 2 is 1.69 bits per heavy atom. The first kappa shape index (κ1) is 20.3. The number of piperazine rings is 1. The molecule has 26 heavy (non-hydrogen) atoms. The van der Waals surface area contributed by atoms with E-state index in [0.717, 1.165) is 6.07 Å². The first-order valence-corrected chi connectivity index (χ1v) is 9.89. The minimum atomic E-state index is -3.95. The van der Waals surface area contributed by atoms with E-state index >= 15 is 0 Å². The highest BCUT2D eigenvalue weighted by molar-refractivity contribution is 7.89. The molecule has 1 aliphatic heterocycles. The van der Waals surface area contributed by atoms with Gasteiger partial charge in [0.25, 0.3) is 0 Å². The Labute approximate surface area is 153 Å². The highest BCUT2D eigenvalue weighted by Gasteiger charge is 2.34. The van der Waals surface area contributed by atoms with E-state index < -0.39 is 21.9 Å². The van der Waals surface area contributed by atoms with Gasteiger partial charge in [0.15, 0.2) is 0 Å². The SMILES string of the molecule is CC(=O)N[C@@H](C(=O)N1CCN(S(=O)(=O)c2ccccc2F)CC1)C(C)C. The summed E-state index contributed by atoms with van der Waals surface area (Å²) in [6.45, 7) is 5.54. The third-order valence-electron chi connectivity index (χ3n) is 4.30. The van der Waals surface area contributed by atoms with Crippen molar-refractivity contribution < 1.29 is 22.4 Å². The van der Waals surface area contributed by atoms with Crippen LogP contribution in [0.3, 0.4) is 0 Å². The largest absolute Gasteiger partial charge is 0.344 e. The van der Waals surface area contributed by atoms with Gasteiger partial charge in [-0.05, 0) is 18.1 Å². The Morgan fingerprint density at radius 1 is 1.12 bits per heavy atom. The molecule has 2 amide bonds. The lowest BCUT2D eigenvalue weighted by molar-refractivity contribution is -0.138. The summed E-state index contributed by atoms with van der Waals surface area (Å²) < 4.78 is 40.2. The summed E-state index contributed by atoms with van der Waals surface area (Å²) in [5, 5.41) is 2.64. The summed E-state index contributed by atoms with van der Waals surface area (Å²) in [6, 6.07) is 4.58. The normalized spacial score (nSPS) is 17.2. The topological polar surface area (TPSA) is 86.8 Å². The third kappa shape index (κ3) is 4.39. The zero-order valence-corrected chi connectivity index (χ0v) is 15.9. The third-order valence-corrected chi connectivity index (χ3v) is 6.23. The molecule has 1 heterocycles. The van der Waals surface area contributed by atoms with E-state index in [9.17, 15) is 22.4 Å². The van der Waals surface area contributed by atoms with E-state index in [1.807, 2.05) is 13.8 Å². The second kappa shape index (κ2) is 8.13. The predicted octanol–water partition coefficient (Wildman–Crippen LogP) is 0.819. The smallest absolute Gasteiger partial charge is 0.246 e. The van der Waals surface area contributed by atoms with Crippen LogP contribution in [0.5, 0.6) is 0 Å². The van der Waals surface area contributed by atoms with Crippen LogP contribution >= 0.6 is 0 Å². The number of rotatable bonds is 5. The maximum atomic E-state index is 13.9. The molecule has 0 aliphatic carbocycles. The Morgan fingerprint density at radius 3 is 2.19 bits per heavy atom. The van der Waals surface area contributed by atoms with Crippen LogP contribution in [0.25, 0.3) is 0 Å². The molecule has 1 aromatic rings. The molecule has 9 heteroatoms. The van der Waals surface area contributed by atoms with Crippen molar-refractivity contribution in [3.05, 3.63) is 30.1 Å². The van der Waals surface area contributed by atoms with E-state index in [1.54, 1.807) is 0 Å². The number of benzene rings is 1. The van der Waals surface area contributed by atoms with Crippen molar-refractivity contribution in [1.29, 1.82) is 0 Å². The number of sulfonamides is 1. The molecule has 0 unspecified atom stereocenters. The fourth-order valence-corrected chi connectivity index (χ4v) is 4.36. The van der Waals surface area contributed by atoms with Gasteiger partial charge in [0.1, 0.15) is 16.8 Å². The van der Waals surface area contributed by atoms with E-state index in [1.165, 1.54) is 34.3 Å². The molecule has 1 saturated heterocycles. The van der Waals surface area contributed by atoms with E-state index in [-0.39, 0.29) is 48.8 Å². The molecule has 7 nitrogen and oxygen atoms in total. The fourth-order valence-electron chi connectivity index (χ4n) is 2.87. The molecule has 1 atom stereocenters. The molecule has 0 spiro atoms. The lowest BCUT2D eigenvalue weighted by atomic mass is 10.0. The van der Waals surface area contributed by atoms with E-state index in [4.69, 9.17) is 0 Å². The molecule has 0 radical (unpaired) electrons. The molecule has 1 fully saturated rings. The van der Waals surface area contributed by atoms with Crippen LogP contribution < -0.4 is 5.32 Å². The Hall–Kier alpha value is -2.00. The molecule has 144 valence electrons. The lowest BCUT2D eigenvalue weighted by Crippen LogP contribution is -2.56. The number of nitrogens with one attached hydrogen (secondary N) is 1. The maximum Gasteiger partial charge on any atom is 0.246 e. The average Bonchev–Trinajstić information content (AvgIpc) is 2.59. The second-order valence-electron chi connectivity index (χ2n) is 6.58. The highest BCUT2D eigenvalue weighted by Crippen LogP contribution is 2.21. The summed E-state index contributed by atoms with van der Waals surface area (Å²) in [7, 11) is -3.95. The summed E-state index contributed by atoms with van der Waals surface area (Å²) in [5.74, 6) is -1.42. The van der Waals surface area contributed by atoms with Gasteiger partial charge in [-0.15, -0.1) is 0 Å². The van der Waals surface area contributed by atoms with Gasteiger partial charge in [0.2, 0.25) is 21.8 Å². The van der Waals surface area contributed by atoms with Gasteiger partial charge < -0.3 is 10.2 Å². The highest BCUT2D eigenvalue weighted by atomic mass is 32.2. The van der Waals surface area contributed by atoms with Crippen LogP contribution in [0.15, 0.2) is 29.2 Å². The van der Waals surface area contributed by atoms with Gasteiger partial charge in [0.05, 0.1) is 0 Å². The number of hydrogen-bond acceptors (Lipinski definition) is 4. The van der Waals surface area contributed by atoms with Gasteiger partial charge in [-0.2, -0.15) is 4.31 Å². The summed E-state index contributed by atoms with van der Waals surface area (Å²) in [5.41, 5.74) is 0. The van der Waals surface area contributed by atoms with Gasteiger partial charge in [-0.25, -0.2) is 12.8 Å². The Bertz CT molecular complexity index is 774. The Kier molecular flexibility index (Phi) is 6.35. The number of carbonyl (C=O) groups is 2. The zero-order valence-electron chi connectivity index (χ0n) is 15.1. The number of nitrogens with zero attached hydrogens (tertiary/aromatic N) is 2. The van der Waals surface area contributed by atoms with Crippen molar-refractivity contribution in [2.24, 2.45) is 5.92 Å². The molecule has 0 bridgehead atoms. The Balaban J connectivity index is 2.08. The quantitative estimate of drug-likeness (QED) is 0.813. The monoisotopic (exact) mass is 385 g/mol. The number of halogens is 1. The van der Waals surface area contributed by atoms with Crippen molar-refractivity contribution in [2.45, 2.75) is 31.7 Å². The van der Waals surface area contributed by atoms with Crippen LogP contribution in [0.1, 0.15) is 20.8 Å². The van der Waals surface area contributed by atoms with Crippen molar-refractivity contribution in [3.63, 3.8) is 0 Å². The molecule has 1 N–H and O–H groups in total. The van der Waals surface area contributed by atoms with Crippen molar-refractivity contribution in [1.82, 2.24) is 14.5 Å². The van der Waals surface area contributed by atoms with Crippen LogP contribution in [0.2, 0.25) is 0 Å². The first-order valence-electron chi connectivity index (χ1n) is 8.45. The van der Waals surface area contributed by atoms with Crippen molar-refractivity contribution >= 4 is 21.8 Å². The maximum absolute atomic E-state index is 13.9. The first-order chi connectivity index (χ1) is 12.1. The molecular formula is C17H24FN3O4S. The fraction of sp³-hybridized carbons (Fsp3) is 0.529. The standard InChI is InChI=1S/C17H24FN3O4S/c1-12(2)16(19-13(3)22)17(23)20-8-10-21(11-9-20)26(24,25)15-7-5-4-6-14(15)18/h4-7,12,16H,8-11H2,1-3H3,(H,19,22)/t16-/m1/s1. The zero-order chi connectivity index (χ0) is 19.5. The van der Waals surface area contributed by atoms with E-state index in [2.05, 4.69) is 5.32 Å². The molecule has 2 rings (SSSR count). The number of amides is 2. The minimum Gasteiger partial charge on any atom is -0.344 e. The summed E-state index contributed by atoms with van der Waals surface area (Å²) >= 11 is 0. The van der Waals surface area contributed by atoms with Gasteiger partial charge in [-0.3, -0.25) is 9.59 Å². The molecular weight excluding hydrogens is 361 g/mol. The van der Waals surface area contributed by atoms with E-state index in [0.29, 0.717) is 0 Å². The van der Waals surface area contributed by atoms with Gasteiger partial charge in [0, 0.05) is 33.1 Å². The lowest BCUT2D eigenvalue weighted by Gasteiger charge is -2.36. The van der Waals surface area contributed by atoms with Crippen molar-refractivity contribution in [2.75, 3.05) is 26.2 Å². The molecule has 1 aliphatic rings. The number of carbonyl (C=O) groups excluding carboxylic acids is 2. The van der Waals surface area contributed by atoms with Crippen LogP contribution in [0.4, 0.5) is 4.39 Å².